The first-order valence-corrected chi connectivity index (χ1v) is 12.0. The number of aromatic amines is 1. The highest BCUT2D eigenvalue weighted by Crippen LogP contribution is 2.31. The maximum atomic E-state index is 12.4. The van der Waals surface area contributed by atoms with Crippen LogP contribution in [0.1, 0.15) is 44.4 Å². The van der Waals surface area contributed by atoms with Crippen molar-refractivity contribution in [2.45, 2.75) is 50.0 Å². The summed E-state index contributed by atoms with van der Waals surface area (Å²) < 4.78 is 6.85. The Morgan fingerprint density at radius 3 is 2.90 bits per heavy atom. The number of para-hydroxylation sites is 1. The van der Waals surface area contributed by atoms with Crippen LogP contribution in [0.2, 0.25) is 0 Å². The molecule has 0 saturated heterocycles. The van der Waals surface area contributed by atoms with Crippen LogP contribution in [-0.2, 0) is 23.4 Å². The highest BCUT2D eigenvalue weighted by Gasteiger charge is 2.15. The predicted octanol–water partition coefficient (Wildman–Crippen LogP) is 6.06. The van der Waals surface area contributed by atoms with Crippen LogP contribution >= 0.6 is 23.1 Å². The van der Waals surface area contributed by atoms with Crippen molar-refractivity contribution in [2.24, 2.45) is 5.41 Å². The van der Waals surface area contributed by atoms with Crippen LogP contribution in [0.5, 0.6) is 0 Å². The fourth-order valence-electron chi connectivity index (χ4n) is 3.30. The monoisotopic (exact) mass is 454 g/mol. The van der Waals surface area contributed by atoms with Gasteiger partial charge in [0.2, 0.25) is 11.8 Å². The molecule has 162 valence electrons. The molecule has 0 aliphatic carbocycles. The van der Waals surface area contributed by atoms with Crippen LogP contribution in [-0.4, -0.2) is 20.9 Å². The number of hydrogen-bond acceptors (Lipinski definition) is 6. The smallest absolute Gasteiger partial charge is 0.226 e. The summed E-state index contributed by atoms with van der Waals surface area (Å²) in [7, 11) is 0. The van der Waals surface area contributed by atoms with Crippen LogP contribution < -0.4 is 5.32 Å². The molecule has 0 bridgehead atoms. The summed E-state index contributed by atoms with van der Waals surface area (Å²) in [6.45, 7) is 6.53. The molecule has 1 amide bonds. The summed E-state index contributed by atoms with van der Waals surface area (Å²) in [6, 6.07) is 8.12. The van der Waals surface area contributed by atoms with Crippen molar-refractivity contribution in [3.63, 3.8) is 0 Å². The number of hydrogen-bond donors (Lipinski definition) is 2. The summed E-state index contributed by atoms with van der Waals surface area (Å²) in [4.78, 5) is 24.3. The first-order valence-electron chi connectivity index (χ1n) is 10.2. The summed E-state index contributed by atoms with van der Waals surface area (Å²) >= 11 is 3.08. The van der Waals surface area contributed by atoms with E-state index >= 15 is 0 Å². The highest BCUT2D eigenvalue weighted by atomic mass is 32.2. The Morgan fingerprint density at radius 2 is 2.06 bits per heavy atom. The average molecular weight is 455 g/mol. The second-order valence-electron chi connectivity index (χ2n) is 8.64. The molecule has 3 heterocycles. The summed E-state index contributed by atoms with van der Waals surface area (Å²) in [5.74, 6) is 2.23. The molecule has 31 heavy (non-hydrogen) atoms. The van der Waals surface area contributed by atoms with Crippen LogP contribution in [0.4, 0.5) is 5.13 Å². The maximum Gasteiger partial charge on any atom is 0.226 e. The van der Waals surface area contributed by atoms with E-state index in [0.29, 0.717) is 29.6 Å². The largest absolute Gasteiger partial charge is 0.445 e. The van der Waals surface area contributed by atoms with Crippen LogP contribution in [0, 0.1) is 5.41 Å². The van der Waals surface area contributed by atoms with Gasteiger partial charge >= 0.3 is 0 Å². The van der Waals surface area contributed by atoms with E-state index in [1.54, 1.807) is 18.0 Å². The number of thiazole rings is 1. The summed E-state index contributed by atoms with van der Waals surface area (Å²) in [6.07, 6.45) is 7.53. The first kappa shape index (κ1) is 21.6. The van der Waals surface area contributed by atoms with E-state index in [1.807, 2.05) is 30.6 Å². The number of thioether (sulfide) groups is 1. The summed E-state index contributed by atoms with van der Waals surface area (Å²) in [5, 5.41) is 4.69. The zero-order chi connectivity index (χ0) is 21.8. The van der Waals surface area contributed by atoms with E-state index in [1.165, 1.54) is 16.7 Å². The van der Waals surface area contributed by atoms with Gasteiger partial charge in [0, 0.05) is 29.9 Å². The normalized spacial score (nSPS) is 11.8. The third kappa shape index (κ3) is 5.98. The number of aryl methyl sites for hydroxylation is 1. The second kappa shape index (κ2) is 9.28. The van der Waals surface area contributed by atoms with Gasteiger partial charge in [0.25, 0.3) is 0 Å². The lowest BCUT2D eigenvalue weighted by Gasteiger charge is -2.15. The fraction of sp³-hybridized carbons (Fsp3) is 0.348. The van der Waals surface area contributed by atoms with Crippen molar-refractivity contribution in [2.75, 3.05) is 5.32 Å². The quantitative estimate of drug-likeness (QED) is 0.316. The van der Waals surface area contributed by atoms with Crippen molar-refractivity contribution in [1.82, 2.24) is 15.0 Å². The van der Waals surface area contributed by atoms with Gasteiger partial charge in [0.05, 0.1) is 22.4 Å². The van der Waals surface area contributed by atoms with E-state index < -0.39 is 0 Å². The van der Waals surface area contributed by atoms with E-state index in [4.69, 9.17) is 4.42 Å². The Morgan fingerprint density at radius 1 is 1.23 bits per heavy atom. The SMILES string of the molecule is CC(C)(C)Cc1cnc(CSc2cnc(NC(=O)CCc3c[nH]c4ccccc34)s2)o1. The molecule has 0 saturated carbocycles. The summed E-state index contributed by atoms with van der Waals surface area (Å²) in [5.41, 5.74) is 2.41. The second-order valence-corrected chi connectivity index (χ2v) is 10.9. The van der Waals surface area contributed by atoms with Crippen LogP contribution in [0.15, 0.2) is 51.5 Å². The van der Waals surface area contributed by atoms with E-state index in [2.05, 4.69) is 47.1 Å². The zero-order valence-electron chi connectivity index (χ0n) is 17.9. The molecular weight excluding hydrogens is 428 g/mol. The third-order valence-corrected chi connectivity index (χ3v) is 6.76. The van der Waals surface area contributed by atoms with Gasteiger partial charge in [-0.1, -0.05) is 50.3 Å². The molecule has 0 aliphatic rings. The number of anilines is 1. The molecule has 0 aliphatic heterocycles. The number of rotatable bonds is 8. The Bertz CT molecular complexity index is 1170. The number of carbonyl (C=O) groups excluding carboxylic acids is 1. The van der Waals surface area contributed by atoms with Crippen molar-refractivity contribution in [1.29, 1.82) is 0 Å². The van der Waals surface area contributed by atoms with Crippen molar-refractivity contribution in [3.8, 4) is 0 Å². The average Bonchev–Trinajstić information content (AvgIpc) is 3.44. The minimum absolute atomic E-state index is 0.0318. The van der Waals surface area contributed by atoms with Crippen molar-refractivity contribution in [3.05, 3.63) is 60.1 Å². The fourth-order valence-corrected chi connectivity index (χ4v) is 5.05. The predicted molar refractivity (Wildman–Crippen MR) is 127 cm³/mol. The lowest BCUT2D eigenvalue weighted by atomic mass is 9.91. The number of amides is 1. The third-order valence-electron chi connectivity index (χ3n) is 4.67. The lowest BCUT2D eigenvalue weighted by molar-refractivity contribution is -0.116. The Labute approximate surface area is 189 Å². The van der Waals surface area contributed by atoms with E-state index in [0.717, 1.165) is 27.5 Å². The van der Waals surface area contributed by atoms with Gasteiger partial charge in [-0.05, 0) is 23.5 Å². The van der Waals surface area contributed by atoms with Gasteiger partial charge in [0.1, 0.15) is 5.76 Å². The number of benzene rings is 1. The minimum atomic E-state index is -0.0318. The van der Waals surface area contributed by atoms with Crippen molar-refractivity contribution >= 4 is 45.0 Å². The molecule has 3 aromatic heterocycles. The zero-order valence-corrected chi connectivity index (χ0v) is 19.5. The van der Waals surface area contributed by atoms with Gasteiger partial charge in [-0.3, -0.25) is 4.79 Å². The molecule has 4 rings (SSSR count). The molecule has 1 aromatic carbocycles. The number of carbonyl (C=O) groups is 1. The van der Waals surface area contributed by atoms with Gasteiger partial charge in [-0.15, -0.1) is 11.8 Å². The molecule has 0 fully saturated rings. The number of nitrogens with zero attached hydrogens (tertiary/aromatic N) is 2. The van der Waals surface area contributed by atoms with Gasteiger partial charge in [-0.2, -0.15) is 0 Å². The topological polar surface area (TPSA) is 83.8 Å². The Hall–Kier alpha value is -2.58. The molecular formula is C23H26N4O2S2. The number of aromatic nitrogens is 3. The minimum Gasteiger partial charge on any atom is -0.445 e. The van der Waals surface area contributed by atoms with Crippen LogP contribution in [0.3, 0.4) is 0 Å². The number of oxazole rings is 1. The van der Waals surface area contributed by atoms with E-state index in [9.17, 15) is 4.79 Å². The molecule has 0 unspecified atom stereocenters. The standard InChI is InChI=1S/C23H26N4O2S2/c1-23(2,3)10-16-12-25-20(29-16)14-30-21-13-26-22(31-21)27-19(28)9-8-15-11-24-18-7-5-4-6-17(15)18/h4-7,11-13,24H,8-10,14H2,1-3H3,(H,26,27,28). The van der Waals surface area contributed by atoms with Gasteiger partial charge in [0.15, 0.2) is 5.13 Å². The molecule has 0 radical (unpaired) electrons. The Balaban J connectivity index is 1.25. The number of nitrogens with one attached hydrogen (secondary N) is 2. The maximum absolute atomic E-state index is 12.4. The Kier molecular flexibility index (Phi) is 6.48. The van der Waals surface area contributed by atoms with Crippen molar-refractivity contribution < 1.29 is 9.21 Å². The first-order chi connectivity index (χ1) is 14.9. The molecule has 2 N–H and O–H groups in total. The van der Waals surface area contributed by atoms with Gasteiger partial charge in [-0.25, -0.2) is 9.97 Å². The molecule has 4 aromatic rings. The molecule has 8 heteroatoms. The highest BCUT2D eigenvalue weighted by molar-refractivity contribution is 8.00. The van der Waals surface area contributed by atoms with E-state index in [-0.39, 0.29) is 11.3 Å². The van der Waals surface area contributed by atoms with Gasteiger partial charge < -0.3 is 14.7 Å². The van der Waals surface area contributed by atoms with Crippen LogP contribution in [0.25, 0.3) is 10.9 Å². The number of H-pyrrole nitrogens is 1. The molecule has 0 atom stereocenters. The lowest BCUT2D eigenvalue weighted by Crippen LogP contribution is -2.11. The molecule has 0 spiro atoms. The molecule has 6 nitrogen and oxygen atoms in total. The number of fused-ring (bicyclic) bond motifs is 1.